The van der Waals surface area contributed by atoms with Gasteiger partial charge in [-0.1, -0.05) is 6.07 Å². The van der Waals surface area contributed by atoms with Gasteiger partial charge in [0, 0.05) is 36.5 Å². The van der Waals surface area contributed by atoms with Crippen molar-refractivity contribution in [3.05, 3.63) is 53.7 Å². The van der Waals surface area contributed by atoms with E-state index in [9.17, 15) is 9.18 Å². The van der Waals surface area contributed by atoms with E-state index in [4.69, 9.17) is 14.2 Å². The van der Waals surface area contributed by atoms with E-state index in [-0.39, 0.29) is 17.6 Å². The van der Waals surface area contributed by atoms with Gasteiger partial charge in [-0.2, -0.15) is 0 Å². The summed E-state index contributed by atoms with van der Waals surface area (Å²) in [6, 6.07) is 6.45. The zero-order valence-electron chi connectivity index (χ0n) is 18.2. The molecule has 0 saturated carbocycles. The maximum atomic E-state index is 14.4. The average Bonchev–Trinajstić information content (AvgIpc) is 3.20. The molecule has 2 aromatic heterocycles. The Morgan fingerprint density at radius 1 is 1.24 bits per heavy atom. The van der Waals surface area contributed by atoms with E-state index in [1.807, 2.05) is 6.07 Å². The van der Waals surface area contributed by atoms with E-state index in [0.717, 1.165) is 24.1 Å². The van der Waals surface area contributed by atoms with Crippen LogP contribution < -0.4 is 20.1 Å². The summed E-state index contributed by atoms with van der Waals surface area (Å²) in [6.07, 6.45) is 5.06. The molecule has 3 N–H and O–H groups in total. The molecule has 8 nitrogen and oxygen atoms in total. The fourth-order valence-electron chi connectivity index (χ4n) is 4.30. The lowest BCUT2D eigenvalue weighted by Gasteiger charge is -2.24. The molecule has 2 aliphatic heterocycles. The Morgan fingerprint density at radius 2 is 2.12 bits per heavy atom. The maximum absolute atomic E-state index is 14.4. The molecular formula is C24H25FN4O4. The summed E-state index contributed by atoms with van der Waals surface area (Å²) >= 11 is 0. The first-order chi connectivity index (χ1) is 16.2. The van der Waals surface area contributed by atoms with E-state index in [2.05, 4.69) is 20.6 Å². The highest BCUT2D eigenvalue weighted by molar-refractivity contribution is 6.07. The van der Waals surface area contributed by atoms with Crippen molar-refractivity contribution in [3.8, 4) is 22.8 Å². The van der Waals surface area contributed by atoms with Crippen molar-refractivity contribution < 1.29 is 23.4 Å². The number of benzene rings is 1. The van der Waals surface area contributed by atoms with E-state index >= 15 is 0 Å². The van der Waals surface area contributed by atoms with Crippen LogP contribution in [0.5, 0.6) is 11.5 Å². The number of carbonyl (C=O) groups is 1. The van der Waals surface area contributed by atoms with Crippen molar-refractivity contribution in [2.24, 2.45) is 0 Å². The zero-order valence-corrected chi connectivity index (χ0v) is 18.2. The fraction of sp³-hybridized carbons (Fsp3) is 0.333. The molecule has 0 unspecified atom stereocenters. The molecule has 2 aliphatic rings. The van der Waals surface area contributed by atoms with Crippen LogP contribution in [0.2, 0.25) is 0 Å². The number of hydrogen-bond donors (Lipinski definition) is 3. The number of ether oxygens (including phenoxy) is 3. The number of nitrogens with zero attached hydrogens (tertiary/aromatic N) is 1. The molecule has 0 radical (unpaired) electrons. The van der Waals surface area contributed by atoms with Gasteiger partial charge in [-0.05, 0) is 31.0 Å². The van der Waals surface area contributed by atoms with Crippen LogP contribution in [0.3, 0.4) is 0 Å². The summed E-state index contributed by atoms with van der Waals surface area (Å²) in [5, 5.41) is 6.22. The first kappa shape index (κ1) is 21.3. The van der Waals surface area contributed by atoms with Crippen LogP contribution in [-0.4, -0.2) is 49.4 Å². The quantitative estimate of drug-likeness (QED) is 0.556. The Bertz CT molecular complexity index is 1180. The van der Waals surface area contributed by atoms with Gasteiger partial charge in [-0.3, -0.25) is 9.78 Å². The van der Waals surface area contributed by atoms with Crippen LogP contribution in [0, 0.1) is 5.82 Å². The molecule has 33 heavy (non-hydrogen) atoms. The van der Waals surface area contributed by atoms with E-state index in [1.54, 1.807) is 24.5 Å². The van der Waals surface area contributed by atoms with Crippen LogP contribution in [-0.2, 0) is 4.74 Å². The summed E-state index contributed by atoms with van der Waals surface area (Å²) in [5.74, 6) is -0.101. The second-order valence-corrected chi connectivity index (χ2v) is 8.02. The molecule has 0 fully saturated rings. The Morgan fingerprint density at radius 3 is 3.00 bits per heavy atom. The maximum Gasteiger partial charge on any atom is 0.255 e. The number of hydrogen-bond acceptors (Lipinski definition) is 6. The van der Waals surface area contributed by atoms with Crippen molar-refractivity contribution in [1.82, 2.24) is 15.3 Å². The van der Waals surface area contributed by atoms with Gasteiger partial charge in [-0.25, -0.2) is 4.39 Å². The molecule has 0 aliphatic carbocycles. The third-order valence-corrected chi connectivity index (χ3v) is 5.92. The summed E-state index contributed by atoms with van der Waals surface area (Å²) in [4.78, 5) is 20.7. The van der Waals surface area contributed by atoms with Crippen molar-refractivity contribution >= 4 is 17.3 Å². The number of pyridine rings is 1. The predicted octanol–water partition coefficient (Wildman–Crippen LogP) is 3.98. The minimum absolute atomic E-state index is 0.0478. The lowest BCUT2D eigenvalue weighted by atomic mass is 9.97. The largest absolute Gasteiger partial charge is 0.492 e. The molecule has 1 atom stereocenters. The number of H-pyrrole nitrogens is 1. The van der Waals surface area contributed by atoms with Crippen LogP contribution >= 0.6 is 0 Å². The highest BCUT2D eigenvalue weighted by Crippen LogP contribution is 2.43. The van der Waals surface area contributed by atoms with Crippen LogP contribution in [0.15, 0.2) is 36.7 Å². The molecule has 0 saturated heterocycles. The number of aromatic amines is 1. The van der Waals surface area contributed by atoms with Gasteiger partial charge in [0.1, 0.15) is 5.75 Å². The molecule has 2 bridgehead atoms. The minimum Gasteiger partial charge on any atom is -0.492 e. The van der Waals surface area contributed by atoms with Crippen LogP contribution in [0.25, 0.3) is 11.3 Å². The van der Waals surface area contributed by atoms with Crippen molar-refractivity contribution in [3.63, 3.8) is 0 Å². The van der Waals surface area contributed by atoms with Gasteiger partial charge in [0.05, 0.1) is 49.2 Å². The number of carbonyl (C=O) groups excluding carboxylic acids is 1. The molecular weight excluding hydrogens is 427 g/mol. The smallest absolute Gasteiger partial charge is 0.255 e. The number of rotatable bonds is 3. The molecule has 4 heterocycles. The predicted molar refractivity (Wildman–Crippen MR) is 121 cm³/mol. The van der Waals surface area contributed by atoms with Gasteiger partial charge < -0.3 is 29.8 Å². The van der Waals surface area contributed by atoms with Crippen molar-refractivity contribution in [2.75, 3.05) is 38.8 Å². The number of aromatic nitrogens is 2. The normalized spacial score (nSPS) is 18.0. The number of fused-ring (bicyclic) bond motifs is 3. The highest BCUT2D eigenvalue weighted by atomic mass is 19.1. The number of amides is 1. The number of methoxy groups -OCH3 is 1. The van der Waals surface area contributed by atoms with Gasteiger partial charge >= 0.3 is 0 Å². The monoisotopic (exact) mass is 452 g/mol. The number of halogens is 1. The molecule has 5 rings (SSSR count). The number of para-hydroxylation sites is 1. The van der Waals surface area contributed by atoms with E-state index in [1.165, 1.54) is 13.2 Å². The highest BCUT2D eigenvalue weighted by Gasteiger charge is 2.34. The number of anilines is 2. The van der Waals surface area contributed by atoms with Gasteiger partial charge in [0.2, 0.25) is 0 Å². The third kappa shape index (κ3) is 4.00. The lowest BCUT2D eigenvalue weighted by Crippen LogP contribution is -2.36. The standard InChI is InChI=1S/C24H25FN4O4/c1-31-23-16(25)5-4-6-17(23)28-22-19-20-14(11-27-24(19)30)13-32-9-2-3-10-33-18-12-26-8-7-15(18)21(22)29-20/h4-8,12,14,28-29H,2-3,9-11,13H2,1H3,(H,27,30)/t14-/m1/s1. The Labute approximate surface area is 190 Å². The second-order valence-electron chi connectivity index (χ2n) is 8.02. The van der Waals surface area contributed by atoms with Gasteiger partial charge in [0.15, 0.2) is 11.6 Å². The topological polar surface area (TPSA) is 97.5 Å². The summed E-state index contributed by atoms with van der Waals surface area (Å²) in [6.45, 7) is 2.07. The first-order valence-corrected chi connectivity index (χ1v) is 11.0. The Balaban J connectivity index is 1.71. The lowest BCUT2D eigenvalue weighted by molar-refractivity contribution is 0.0888. The van der Waals surface area contributed by atoms with E-state index < -0.39 is 5.82 Å². The second kappa shape index (κ2) is 9.11. The summed E-state index contributed by atoms with van der Waals surface area (Å²) < 4.78 is 31.6. The molecule has 1 amide bonds. The van der Waals surface area contributed by atoms with Gasteiger partial charge in [-0.15, -0.1) is 0 Å². The van der Waals surface area contributed by atoms with Crippen molar-refractivity contribution in [2.45, 2.75) is 18.8 Å². The Kier molecular flexibility index (Phi) is 5.87. The van der Waals surface area contributed by atoms with Crippen molar-refractivity contribution in [1.29, 1.82) is 0 Å². The molecule has 172 valence electrons. The Hall–Kier alpha value is -3.59. The minimum atomic E-state index is -0.501. The average molecular weight is 452 g/mol. The van der Waals surface area contributed by atoms with Gasteiger partial charge in [0.25, 0.3) is 5.91 Å². The molecule has 0 spiro atoms. The molecule has 9 heteroatoms. The molecule has 1 aromatic carbocycles. The van der Waals surface area contributed by atoms with Crippen LogP contribution in [0.4, 0.5) is 15.8 Å². The molecule has 3 aromatic rings. The zero-order chi connectivity index (χ0) is 22.8. The third-order valence-electron chi connectivity index (χ3n) is 5.92. The SMILES string of the molecule is COc1c(F)cccc1Nc1c2[nH]c3c1C(=O)NC[C@@H]3COCCCCOc1cnccc1-2. The van der Waals surface area contributed by atoms with E-state index in [0.29, 0.717) is 54.7 Å². The fourth-order valence-corrected chi connectivity index (χ4v) is 4.30. The first-order valence-electron chi connectivity index (χ1n) is 11.0. The summed E-state index contributed by atoms with van der Waals surface area (Å²) in [7, 11) is 1.41. The summed E-state index contributed by atoms with van der Waals surface area (Å²) in [5.41, 5.74) is 3.58. The number of nitrogens with one attached hydrogen (secondary N) is 3. The van der Waals surface area contributed by atoms with Crippen LogP contribution in [0.1, 0.15) is 34.8 Å².